The summed E-state index contributed by atoms with van der Waals surface area (Å²) < 4.78 is 63.5. The highest BCUT2D eigenvalue weighted by molar-refractivity contribution is 8.76. The van der Waals surface area contributed by atoms with Crippen LogP contribution in [0.5, 0.6) is 0 Å². The van der Waals surface area contributed by atoms with Crippen molar-refractivity contribution < 1.29 is 90.2 Å². The summed E-state index contributed by atoms with van der Waals surface area (Å²) in [6.45, 7) is -1.24. The van der Waals surface area contributed by atoms with Gasteiger partial charge in [-0.25, -0.2) is 9.59 Å². The number of hydrogen-bond acceptors (Lipinski definition) is 12. The van der Waals surface area contributed by atoms with Gasteiger partial charge in [0.1, 0.15) is 25.2 Å². The van der Waals surface area contributed by atoms with E-state index in [1.165, 1.54) is 0 Å². The minimum Gasteiger partial charge on any atom is -0.480 e. The highest BCUT2D eigenvalue weighted by Gasteiger charge is 2.38. The molecule has 26 heteroatoms. The van der Waals surface area contributed by atoms with Gasteiger partial charge in [0.15, 0.2) is 0 Å². The van der Waals surface area contributed by atoms with Crippen molar-refractivity contribution >= 4 is 69.2 Å². The van der Waals surface area contributed by atoms with Crippen LogP contribution in [0.25, 0.3) is 0 Å². The van der Waals surface area contributed by atoms with Crippen LogP contribution < -0.4 is 27.4 Å². The molecule has 0 aromatic rings. The van der Waals surface area contributed by atoms with Crippen molar-refractivity contribution in [1.82, 2.24) is 16.0 Å². The molecule has 0 rings (SSSR count). The Bertz CT molecular complexity index is 1030. The van der Waals surface area contributed by atoms with Crippen LogP contribution in [0.3, 0.4) is 0 Å². The van der Waals surface area contributed by atoms with E-state index in [4.69, 9.17) is 46.6 Å². The van der Waals surface area contributed by atoms with E-state index in [0.717, 1.165) is 21.6 Å². The number of alkyl halides is 6. The second-order valence-corrected chi connectivity index (χ2v) is 10.2. The van der Waals surface area contributed by atoms with Gasteiger partial charge in [0.2, 0.25) is 17.7 Å². The summed E-state index contributed by atoms with van der Waals surface area (Å²) in [5.74, 6) is -11.3. The third kappa shape index (κ3) is 27.3. The maximum atomic E-state index is 12.1. The lowest BCUT2D eigenvalue weighted by Crippen LogP contribution is -2.49. The highest BCUT2D eigenvalue weighted by atomic mass is 33.1. The van der Waals surface area contributed by atoms with Crippen molar-refractivity contribution in [3.8, 4) is 0 Å². The van der Waals surface area contributed by atoms with Gasteiger partial charge in [-0.2, -0.15) is 26.3 Å². The molecular weight excluding hydrogens is 684 g/mol. The molecule has 0 radical (unpaired) electrons. The Morgan fingerprint density at radius 1 is 0.644 bits per heavy atom. The number of amides is 3. The lowest BCUT2D eigenvalue weighted by Gasteiger charge is -2.18. The molecule has 0 aliphatic rings. The highest BCUT2D eigenvalue weighted by Crippen LogP contribution is 2.23. The van der Waals surface area contributed by atoms with Crippen molar-refractivity contribution in [2.75, 3.05) is 24.6 Å². The molecule has 0 aliphatic heterocycles. The van der Waals surface area contributed by atoms with Crippen LogP contribution in [0, 0.1) is 0 Å². The van der Waals surface area contributed by atoms with Gasteiger partial charge in [-0.3, -0.25) is 28.8 Å². The molecule has 0 saturated heterocycles. The Kier molecular flexibility index (Phi) is 22.7. The number of nitrogens with two attached hydrogens (primary N) is 2. The molecular formula is C19H27F6N5O13S2. The number of hydrogen-bond donors (Lipinski definition) is 10. The standard InChI is InChI=1S/C15H25N5O9S2.2C2HF3O2/c16-7(15(28)29)1-2-10(21)20-9(14(27)19-4-12(24)25)6-31-30-5-8(17)13(26)18-3-11(22)23;2*3-2(4,5)1(6)7/h7-9H,1-6,16-17H2,(H,18,26)(H,19,27)(H,20,21)(H,22,23)(H,24,25)(H,28,29);2*(H,6,7)/t7-,8-,9-;;/m0../s1. The SMILES string of the molecule is N[C@@H](CCC(=O)N[C@@H](CSSC[C@H](N)C(=O)NCC(=O)O)C(=O)NCC(=O)O)C(=O)O.O=C(O)C(F)(F)F.O=C(O)C(F)(F)F. The average molecular weight is 712 g/mol. The van der Waals surface area contributed by atoms with Crippen molar-refractivity contribution in [3.63, 3.8) is 0 Å². The molecule has 3 amide bonds. The Hall–Kier alpha value is -4.04. The molecule has 0 heterocycles. The van der Waals surface area contributed by atoms with Crippen molar-refractivity contribution in [3.05, 3.63) is 0 Å². The van der Waals surface area contributed by atoms with Gasteiger partial charge in [0.05, 0.1) is 6.04 Å². The van der Waals surface area contributed by atoms with E-state index in [-0.39, 0.29) is 24.3 Å². The molecule has 0 spiro atoms. The number of carboxylic acid groups (broad SMARTS) is 5. The molecule has 12 N–H and O–H groups in total. The van der Waals surface area contributed by atoms with Crippen LogP contribution >= 0.6 is 21.6 Å². The van der Waals surface area contributed by atoms with Crippen LogP contribution in [0.15, 0.2) is 0 Å². The predicted octanol–water partition coefficient (Wildman–Crippen LogP) is -1.96. The van der Waals surface area contributed by atoms with E-state index in [0.29, 0.717) is 0 Å². The van der Waals surface area contributed by atoms with Crippen LogP contribution in [0.4, 0.5) is 26.3 Å². The number of rotatable bonds is 16. The molecule has 260 valence electrons. The van der Waals surface area contributed by atoms with Gasteiger partial charge < -0.3 is 53.0 Å². The Labute approximate surface area is 255 Å². The Morgan fingerprint density at radius 3 is 1.38 bits per heavy atom. The first-order chi connectivity index (χ1) is 20.3. The van der Waals surface area contributed by atoms with Crippen LogP contribution in [-0.4, -0.2) is 128 Å². The maximum Gasteiger partial charge on any atom is 0.490 e. The number of nitrogens with one attached hydrogen (secondary N) is 3. The summed E-state index contributed by atoms with van der Waals surface area (Å²) in [5, 5.41) is 46.8. The number of carbonyl (C=O) groups excluding carboxylic acids is 3. The second-order valence-electron chi connectivity index (χ2n) is 7.61. The number of halogens is 6. The molecule has 0 aromatic heterocycles. The van der Waals surface area contributed by atoms with Crippen LogP contribution in [-0.2, 0) is 38.4 Å². The van der Waals surface area contributed by atoms with Crippen molar-refractivity contribution in [1.29, 1.82) is 0 Å². The van der Waals surface area contributed by atoms with Gasteiger partial charge in [0.25, 0.3) is 0 Å². The van der Waals surface area contributed by atoms with Gasteiger partial charge in [-0.1, -0.05) is 21.6 Å². The normalized spacial score (nSPS) is 12.7. The third-order valence-electron chi connectivity index (χ3n) is 3.87. The summed E-state index contributed by atoms with van der Waals surface area (Å²) in [6.07, 6.45) is -10.6. The molecule has 0 aromatic carbocycles. The zero-order valence-corrected chi connectivity index (χ0v) is 23.8. The van der Waals surface area contributed by atoms with Gasteiger partial charge in [0, 0.05) is 17.9 Å². The maximum absolute atomic E-state index is 12.1. The quantitative estimate of drug-likeness (QED) is 0.0472. The molecule has 45 heavy (non-hydrogen) atoms. The molecule has 0 aliphatic carbocycles. The van der Waals surface area contributed by atoms with E-state index in [1.54, 1.807) is 0 Å². The van der Waals surface area contributed by atoms with Gasteiger partial charge in [-0.05, 0) is 6.42 Å². The van der Waals surface area contributed by atoms with E-state index >= 15 is 0 Å². The zero-order chi connectivity index (χ0) is 36.1. The number of carbonyl (C=O) groups is 8. The summed E-state index contributed by atoms with van der Waals surface area (Å²) in [4.78, 5) is 85.2. The zero-order valence-electron chi connectivity index (χ0n) is 22.2. The average Bonchev–Trinajstić information content (AvgIpc) is 2.89. The first-order valence-corrected chi connectivity index (χ1v) is 13.7. The van der Waals surface area contributed by atoms with Gasteiger partial charge in [-0.15, -0.1) is 0 Å². The molecule has 18 nitrogen and oxygen atoms in total. The lowest BCUT2D eigenvalue weighted by molar-refractivity contribution is -0.193. The smallest absolute Gasteiger partial charge is 0.480 e. The monoisotopic (exact) mass is 711 g/mol. The van der Waals surface area contributed by atoms with E-state index in [1.807, 2.05) is 0 Å². The van der Waals surface area contributed by atoms with E-state index in [2.05, 4.69) is 16.0 Å². The largest absolute Gasteiger partial charge is 0.490 e. The fourth-order valence-corrected chi connectivity index (χ4v) is 4.04. The summed E-state index contributed by atoms with van der Waals surface area (Å²) in [7, 11) is 2.15. The molecule has 0 unspecified atom stereocenters. The van der Waals surface area contributed by atoms with E-state index in [9.17, 15) is 55.1 Å². The Morgan fingerprint density at radius 2 is 1.02 bits per heavy atom. The van der Waals surface area contributed by atoms with Crippen molar-refractivity contribution in [2.45, 2.75) is 43.3 Å². The first-order valence-electron chi connectivity index (χ1n) is 11.2. The fourth-order valence-electron chi connectivity index (χ4n) is 1.75. The van der Waals surface area contributed by atoms with Crippen LogP contribution in [0.2, 0.25) is 0 Å². The molecule has 3 atom stereocenters. The lowest BCUT2D eigenvalue weighted by atomic mass is 10.1. The minimum atomic E-state index is -5.08. The summed E-state index contributed by atoms with van der Waals surface area (Å²) >= 11 is 0. The second kappa shape index (κ2) is 22.5. The molecule has 0 fully saturated rings. The molecule has 0 bridgehead atoms. The number of aliphatic carboxylic acids is 5. The third-order valence-corrected chi connectivity index (χ3v) is 6.31. The van der Waals surface area contributed by atoms with Crippen molar-refractivity contribution in [2.24, 2.45) is 11.5 Å². The number of carboxylic acids is 5. The summed E-state index contributed by atoms with van der Waals surface area (Å²) in [5.41, 5.74) is 10.9. The first kappa shape index (κ1) is 45.4. The predicted molar refractivity (Wildman–Crippen MR) is 138 cm³/mol. The topological polar surface area (TPSA) is 326 Å². The molecule has 0 saturated carbocycles. The fraction of sp³-hybridized carbons (Fsp3) is 0.579. The summed E-state index contributed by atoms with van der Waals surface area (Å²) in [6, 6.07) is -3.39. The van der Waals surface area contributed by atoms with Gasteiger partial charge >= 0.3 is 42.2 Å². The van der Waals surface area contributed by atoms with E-state index < -0.39 is 91.1 Å². The van der Waals surface area contributed by atoms with Crippen LogP contribution in [0.1, 0.15) is 12.8 Å². The minimum absolute atomic E-state index is 0.0176. The Balaban J connectivity index is -0.00000103.